The molecular formula is C25H19ClFN5O2. The third-order valence-electron chi connectivity index (χ3n) is 5.53. The van der Waals surface area contributed by atoms with Crippen molar-refractivity contribution < 1.29 is 14.3 Å². The highest BCUT2D eigenvalue weighted by Crippen LogP contribution is 2.34. The monoisotopic (exact) mass is 475 g/mol. The number of hydrogen-bond acceptors (Lipinski definition) is 5. The van der Waals surface area contributed by atoms with Crippen LogP contribution in [0.4, 0.5) is 10.1 Å². The van der Waals surface area contributed by atoms with Gasteiger partial charge in [-0.15, -0.1) is 10.2 Å². The van der Waals surface area contributed by atoms with Crippen LogP contribution in [0.1, 0.15) is 35.2 Å². The highest BCUT2D eigenvalue weighted by atomic mass is 35.5. The van der Waals surface area contributed by atoms with Gasteiger partial charge in [-0.3, -0.25) is 14.4 Å². The summed E-state index contributed by atoms with van der Waals surface area (Å²) in [5.74, 6) is 0.515. The second-order valence-electron chi connectivity index (χ2n) is 7.90. The number of carbonyl (C=O) groups is 1. The zero-order chi connectivity index (χ0) is 23.8. The first kappa shape index (κ1) is 21.8. The van der Waals surface area contributed by atoms with Crippen LogP contribution in [0.25, 0.3) is 5.69 Å². The summed E-state index contributed by atoms with van der Waals surface area (Å²) in [6.45, 7) is 1.82. The molecule has 4 aromatic rings. The number of rotatable bonds is 4. The van der Waals surface area contributed by atoms with Crippen molar-refractivity contribution in [1.29, 1.82) is 0 Å². The number of benzene rings is 3. The molecule has 0 spiro atoms. The van der Waals surface area contributed by atoms with Crippen LogP contribution in [0.15, 0.2) is 71.7 Å². The zero-order valence-electron chi connectivity index (χ0n) is 18.0. The average Bonchev–Trinajstić information content (AvgIpc) is 3.14. The topological polar surface area (TPSA) is 92.4 Å². The van der Waals surface area contributed by atoms with Gasteiger partial charge >= 0.3 is 0 Å². The summed E-state index contributed by atoms with van der Waals surface area (Å²) in [4.78, 5) is 17.8. The molecule has 1 unspecified atom stereocenters. The van der Waals surface area contributed by atoms with Crippen molar-refractivity contribution >= 4 is 28.9 Å². The van der Waals surface area contributed by atoms with Crippen molar-refractivity contribution in [1.82, 2.24) is 14.8 Å². The Morgan fingerprint density at radius 1 is 1.09 bits per heavy atom. The van der Waals surface area contributed by atoms with Gasteiger partial charge in [0.2, 0.25) is 5.91 Å². The summed E-state index contributed by atoms with van der Waals surface area (Å²) in [7, 11) is 0. The van der Waals surface area contributed by atoms with E-state index in [-0.39, 0.29) is 23.9 Å². The molecule has 5 rings (SSSR count). The maximum Gasteiger partial charge on any atom is 0.227 e. The fourth-order valence-electron chi connectivity index (χ4n) is 3.98. The van der Waals surface area contributed by atoms with Crippen LogP contribution < -0.4 is 5.32 Å². The van der Waals surface area contributed by atoms with Crippen LogP contribution in [-0.4, -0.2) is 31.5 Å². The predicted molar refractivity (Wildman–Crippen MR) is 127 cm³/mol. The number of aromatic hydroxyl groups is 1. The molecule has 1 aliphatic rings. The molecule has 170 valence electrons. The van der Waals surface area contributed by atoms with E-state index in [2.05, 4.69) is 15.5 Å². The summed E-state index contributed by atoms with van der Waals surface area (Å²) in [5.41, 5.74) is 3.26. The summed E-state index contributed by atoms with van der Waals surface area (Å²) in [5, 5.41) is 22.1. The molecule has 0 aliphatic carbocycles. The van der Waals surface area contributed by atoms with E-state index in [0.29, 0.717) is 33.6 Å². The molecule has 0 bridgehead atoms. The number of aromatic nitrogens is 3. The van der Waals surface area contributed by atoms with Crippen LogP contribution in [0, 0.1) is 12.7 Å². The molecular weight excluding hydrogens is 457 g/mol. The smallest absolute Gasteiger partial charge is 0.227 e. The van der Waals surface area contributed by atoms with Crippen LogP contribution in [0.2, 0.25) is 5.02 Å². The van der Waals surface area contributed by atoms with Gasteiger partial charge in [0.05, 0.1) is 17.8 Å². The second-order valence-corrected chi connectivity index (χ2v) is 8.34. The fourth-order valence-corrected chi connectivity index (χ4v) is 4.11. The lowest BCUT2D eigenvalue weighted by Crippen LogP contribution is -2.17. The Balaban J connectivity index is 1.60. The largest absolute Gasteiger partial charge is 0.508 e. The van der Waals surface area contributed by atoms with Gasteiger partial charge in [0.15, 0.2) is 5.82 Å². The number of halogens is 2. The lowest BCUT2D eigenvalue weighted by atomic mass is 10.00. The Labute approximate surface area is 199 Å². The van der Waals surface area contributed by atoms with E-state index in [1.165, 1.54) is 24.3 Å². The molecule has 2 heterocycles. The molecule has 2 N–H and O–H groups in total. The van der Waals surface area contributed by atoms with E-state index < -0.39 is 6.04 Å². The first-order chi connectivity index (χ1) is 16.4. The number of carbonyl (C=O) groups excluding carboxylic acids is 1. The maximum atomic E-state index is 13.2. The predicted octanol–water partition coefficient (Wildman–Crippen LogP) is 4.99. The molecule has 3 aromatic carbocycles. The molecule has 0 saturated carbocycles. The van der Waals surface area contributed by atoms with E-state index in [9.17, 15) is 14.3 Å². The number of phenolic OH excluding ortho intramolecular Hbond substituents is 1. The maximum absolute atomic E-state index is 13.2. The van der Waals surface area contributed by atoms with Crippen LogP contribution in [0.5, 0.6) is 5.75 Å². The van der Waals surface area contributed by atoms with Crippen LogP contribution in [-0.2, 0) is 4.79 Å². The minimum Gasteiger partial charge on any atom is -0.508 e. The average molecular weight is 476 g/mol. The Bertz CT molecular complexity index is 1410. The molecule has 1 aliphatic heterocycles. The fraction of sp³-hybridized carbons (Fsp3) is 0.120. The van der Waals surface area contributed by atoms with E-state index in [1.54, 1.807) is 30.3 Å². The van der Waals surface area contributed by atoms with Gasteiger partial charge in [-0.2, -0.15) is 0 Å². The number of nitrogens with zero attached hydrogens (tertiary/aromatic N) is 4. The van der Waals surface area contributed by atoms with Crippen molar-refractivity contribution in [2.24, 2.45) is 4.99 Å². The number of aryl methyl sites for hydroxylation is 1. The minimum atomic E-state index is -0.665. The Hall–Kier alpha value is -4.04. The number of hydrogen-bond donors (Lipinski definition) is 2. The van der Waals surface area contributed by atoms with Gasteiger partial charge < -0.3 is 10.4 Å². The number of amides is 1. The van der Waals surface area contributed by atoms with Crippen molar-refractivity contribution in [3.05, 3.63) is 100 Å². The van der Waals surface area contributed by atoms with Crippen molar-refractivity contribution in [2.75, 3.05) is 5.32 Å². The van der Waals surface area contributed by atoms with Crippen LogP contribution >= 0.6 is 11.6 Å². The van der Waals surface area contributed by atoms with Crippen LogP contribution in [0.3, 0.4) is 0 Å². The molecule has 7 nitrogen and oxygen atoms in total. The molecule has 0 saturated heterocycles. The standard InChI is InChI=1S/C25H19ClFN5O2/c1-14-30-31-25-21(13-23(34)28-18-8-6-17(27)7-9-18)29-24(15-2-4-16(26)5-3-15)20-12-19(33)10-11-22(20)32(14)25/h2-12,21,33H,13H2,1H3,(H,28,34). The number of anilines is 1. The van der Waals surface area contributed by atoms with Gasteiger partial charge in [-0.25, -0.2) is 4.39 Å². The van der Waals surface area contributed by atoms with Gasteiger partial charge in [-0.05, 0) is 61.5 Å². The van der Waals surface area contributed by atoms with Crippen molar-refractivity contribution in [3.8, 4) is 11.4 Å². The molecule has 34 heavy (non-hydrogen) atoms. The SMILES string of the molecule is Cc1nnc2n1-c1ccc(O)cc1C(c1ccc(Cl)cc1)=NC2CC(=O)Nc1ccc(F)cc1. The van der Waals surface area contributed by atoms with Gasteiger partial charge in [-0.1, -0.05) is 23.7 Å². The lowest BCUT2D eigenvalue weighted by Gasteiger charge is -2.13. The third-order valence-corrected chi connectivity index (χ3v) is 5.79. The Kier molecular flexibility index (Phi) is 5.59. The number of aliphatic imine (C=N–C) groups is 1. The van der Waals surface area contributed by atoms with Gasteiger partial charge in [0, 0.05) is 21.8 Å². The van der Waals surface area contributed by atoms with E-state index in [0.717, 1.165) is 11.3 Å². The zero-order valence-corrected chi connectivity index (χ0v) is 18.8. The Morgan fingerprint density at radius 3 is 2.56 bits per heavy atom. The highest BCUT2D eigenvalue weighted by Gasteiger charge is 2.30. The van der Waals surface area contributed by atoms with E-state index in [4.69, 9.17) is 16.6 Å². The highest BCUT2D eigenvalue weighted by molar-refractivity contribution is 6.30. The minimum absolute atomic E-state index is 0.0213. The summed E-state index contributed by atoms with van der Waals surface area (Å²) in [6.07, 6.45) is -0.0213. The van der Waals surface area contributed by atoms with Gasteiger partial charge in [0.25, 0.3) is 0 Å². The van der Waals surface area contributed by atoms with Crippen molar-refractivity contribution in [2.45, 2.75) is 19.4 Å². The summed E-state index contributed by atoms with van der Waals surface area (Å²) < 4.78 is 15.1. The lowest BCUT2D eigenvalue weighted by molar-refractivity contribution is -0.116. The third kappa shape index (κ3) is 4.15. The number of fused-ring (bicyclic) bond motifs is 3. The van der Waals surface area contributed by atoms with E-state index in [1.807, 2.05) is 23.6 Å². The first-order valence-electron chi connectivity index (χ1n) is 10.5. The number of nitrogens with one attached hydrogen (secondary N) is 1. The molecule has 1 amide bonds. The molecule has 1 aromatic heterocycles. The molecule has 0 fully saturated rings. The van der Waals surface area contributed by atoms with Crippen molar-refractivity contribution in [3.63, 3.8) is 0 Å². The van der Waals surface area contributed by atoms with E-state index >= 15 is 0 Å². The molecule has 1 atom stereocenters. The summed E-state index contributed by atoms with van der Waals surface area (Å²) >= 11 is 6.09. The first-order valence-corrected chi connectivity index (χ1v) is 10.9. The molecule has 9 heteroatoms. The molecule has 0 radical (unpaired) electrons. The van der Waals surface area contributed by atoms with Gasteiger partial charge in [0.1, 0.15) is 23.4 Å². The normalized spacial score (nSPS) is 14.6. The summed E-state index contributed by atoms with van der Waals surface area (Å²) in [6, 6.07) is 17.1. The quantitative estimate of drug-likeness (QED) is 0.434. The second kappa shape index (κ2) is 8.72. The Morgan fingerprint density at radius 2 is 1.82 bits per heavy atom. The number of phenols is 1.